The van der Waals surface area contributed by atoms with Crippen molar-refractivity contribution < 1.29 is 9.53 Å². The van der Waals surface area contributed by atoms with Gasteiger partial charge in [-0.05, 0) is 44.9 Å². The first-order valence-corrected chi connectivity index (χ1v) is 8.43. The highest BCUT2D eigenvalue weighted by Gasteiger charge is 2.16. The number of carbonyl (C=O) groups excluding carboxylic acids is 1. The van der Waals surface area contributed by atoms with E-state index < -0.39 is 11.7 Å². The minimum Gasteiger partial charge on any atom is -0.444 e. The van der Waals surface area contributed by atoms with Crippen LogP contribution in [0.1, 0.15) is 37.6 Å². The lowest BCUT2D eigenvalue weighted by atomic mass is 10.2. The van der Waals surface area contributed by atoms with E-state index in [1.807, 2.05) is 65.1 Å². The quantitative estimate of drug-likeness (QED) is 0.891. The van der Waals surface area contributed by atoms with Gasteiger partial charge in [0, 0.05) is 25.8 Å². The zero-order chi connectivity index (χ0) is 18.4. The molecule has 0 aliphatic carbocycles. The van der Waals surface area contributed by atoms with Gasteiger partial charge in [-0.2, -0.15) is 0 Å². The summed E-state index contributed by atoms with van der Waals surface area (Å²) < 4.78 is 5.25. The summed E-state index contributed by atoms with van der Waals surface area (Å²) in [5, 5.41) is 2.77. The zero-order valence-corrected chi connectivity index (χ0v) is 15.7. The van der Waals surface area contributed by atoms with Crippen molar-refractivity contribution in [1.29, 1.82) is 0 Å². The Morgan fingerprint density at radius 3 is 2.44 bits per heavy atom. The topological polar surface area (TPSA) is 54.5 Å². The molecular formula is C20H27N3O2. The van der Waals surface area contributed by atoms with Gasteiger partial charge in [-0.3, -0.25) is 0 Å². The lowest BCUT2D eigenvalue weighted by Gasteiger charge is -2.21. The first kappa shape index (κ1) is 18.8. The lowest BCUT2D eigenvalue weighted by Crippen LogP contribution is -2.32. The Kier molecular flexibility index (Phi) is 6.02. The van der Waals surface area contributed by atoms with Gasteiger partial charge in [0.05, 0.1) is 0 Å². The Morgan fingerprint density at radius 2 is 1.84 bits per heavy atom. The van der Waals surface area contributed by atoms with Gasteiger partial charge in [0.1, 0.15) is 11.4 Å². The Balaban J connectivity index is 1.97. The molecule has 5 nitrogen and oxygen atoms in total. The lowest BCUT2D eigenvalue weighted by molar-refractivity contribution is 0.0523. The molecule has 0 radical (unpaired) electrons. The molecule has 0 fully saturated rings. The fourth-order valence-corrected chi connectivity index (χ4v) is 2.40. The predicted octanol–water partition coefficient (Wildman–Crippen LogP) is 4.05. The average molecular weight is 341 g/mol. The van der Waals surface area contributed by atoms with Gasteiger partial charge in [-0.1, -0.05) is 36.4 Å². The largest absolute Gasteiger partial charge is 0.444 e. The molecule has 1 aromatic carbocycles. The standard InChI is InChI=1S/C20H27N3O2/c1-15-17(13-21-19(24)25-20(2,3)4)11-12-18(22-15)23(5)14-16-9-7-6-8-10-16/h6-12H,13-14H2,1-5H3,(H,21,24). The number of alkyl carbamates (subject to hydrolysis) is 1. The van der Waals surface area contributed by atoms with Crippen LogP contribution < -0.4 is 10.2 Å². The van der Waals surface area contributed by atoms with Crippen molar-refractivity contribution in [3.63, 3.8) is 0 Å². The van der Waals surface area contributed by atoms with E-state index in [0.717, 1.165) is 23.6 Å². The second kappa shape index (κ2) is 8.01. The number of nitrogens with zero attached hydrogens (tertiary/aromatic N) is 2. The maximum absolute atomic E-state index is 11.8. The summed E-state index contributed by atoms with van der Waals surface area (Å²) in [6.07, 6.45) is -0.419. The summed E-state index contributed by atoms with van der Waals surface area (Å²) in [5.74, 6) is 0.905. The number of pyridine rings is 1. The maximum Gasteiger partial charge on any atom is 0.407 e. The number of amides is 1. The number of benzene rings is 1. The first-order valence-electron chi connectivity index (χ1n) is 8.43. The highest BCUT2D eigenvalue weighted by molar-refractivity contribution is 5.67. The third-order valence-electron chi connectivity index (χ3n) is 3.66. The predicted molar refractivity (Wildman–Crippen MR) is 101 cm³/mol. The molecule has 134 valence electrons. The van der Waals surface area contributed by atoms with Gasteiger partial charge < -0.3 is 15.0 Å². The first-order chi connectivity index (χ1) is 11.7. The summed E-state index contributed by atoms with van der Waals surface area (Å²) in [5.41, 5.74) is 2.61. The second-order valence-electron chi connectivity index (χ2n) is 7.11. The molecule has 0 spiro atoms. The van der Waals surface area contributed by atoms with Crippen LogP contribution in [0.5, 0.6) is 0 Å². The van der Waals surface area contributed by atoms with Gasteiger partial charge in [0.2, 0.25) is 0 Å². The molecule has 2 aromatic rings. The summed E-state index contributed by atoms with van der Waals surface area (Å²) in [6.45, 7) is 8.68. The van der Waals surface area contributed by atoms with Crippen molar-refractivity contribution in [3.8, 4) is 0 Å². The Morgan fingerprint density at radius 1 is 1.16 bits per heavy atom. The Hall–Kier alpha value is -2.56. The number of anilines is 1. The van der Waals surface area contributed by atoms with Crippen molar-refractivity contribution in [3.05, 3.63) is 59.3 Å². The molecule has 2 rings (SSSR count). The van der Waals surface area contributed by atoms with Gasteiger partial charge in [-0.25, -0.2) is 9.78 Å². The summed E-state index contributed by atoms with van der Waals surface area (Å²) >= 11 is 0. The van der Waals surface area contributed by atoms with E-state index in [1.54, 1.807) is 0 Å². The third-order valence-corrected chi connectivity index (χ3v) is 3.66. The van der Waals surface area contributed by atoms with Crippen LogP contribution in [0.2, 0.25) is 0 Å². The zero-order valence-electron chi connectivity index (χ0n) is 15.7. The third kappa shape index (κ3) is 6.10. The van der Waals surface area contributed by atoms with Crippen LogP contribution in [0.3, 0.4) is 0 Å². The molecule has 0 saturated heterocycles. The molecule has 1 aromatic heterocycles. The number of carbonyl (C=O) groups is 1. The van der Waals surface area contributed by atoms with E-state index in [2.05, 4.69) is 27.3 Å². The smallest absolute Gasteiger partial charge is 0.407 e. The van der Waals surface area contributed by atoms with Crippen LogP contribution in [0.25, 0.3) is 0 Å². The molecule has 1 heterocycles. The Bertz CT molecular complexity index is 709. The molecule has 25 heavy (non-hydrogen) atoms. The minimum absolute atomic E-state index is 0.399. The summed E-state index contributed by atoms with van der Waals surface area (Å²) in [4.78, 5) is 18.5. The van der Waals surface area contributed by atoms with Gasteiger partial charge >= 0.3 is 6.09 Å². The number of hydrogen-bond acceptors (Lipinski definition) is 4. The fraction of sp³-hybridized carbons (Fsp3) is 0.400. The summed E-state index contributed by atoms with van der Waals surface area (Å²) in [6, 6.07) is 14.3. The van der Waals surface area contributed by atoms with Crippen molar-refractivity contribution >= 4 is 11.9 Å². The number of ether oxygens (including phenoxy) is 1. The van der Waals surface area contributed by atoms with Gasteiger partial charge in [-0.15, -0.1) is 0 Å². The van der Waals surface area contributed by atoms with Crippen LogP contribution in [0, 0.1) is 6.92 Å². The van der Waals surface area contributed by atoms with Crippen LogP contribution in [-0.2, 0) is 17.8 Å². The number of aromatic nitrogens is 1. The van der Waals surface area contributed by atoms with Crippen LogP contribution >= 0.6 is 0 Å². The molecule has 0 atom stereocenters. The highest BCUT2D eigenvalue weighted by Crippen LogP contribution is 2.16. The van der Waals surface area contributed by atoms with E-state index in [-0.39, 0.29) is 0 Å². The minimum atomic E-state index is -0.499. The van der Waals surface area contributed by atoms with E-state index in [4.69, 9.17) is 4.74 Å². The fourth-order valence-electron chi connectivity index (χ4n) is 2.40. The van der Waals surface area contributed by atoms with Crippen molar-refractivity contribution in [2.24, 2.45) is 0 Å². The van der Waals surface area contributed by atoms with Gasteiger partial charge in [0.15, 0.2) is 0 Å². The van der Waals surface area contributed by atoms with Crippen LogP contribution in [0.4, 0.5) is 10.6 Å². The molecule has 0 aliphatic heterocycles. The average Bonchev–Trinajstić information content (AvgIpc) is 2.53. The number of nitrogens with one attached hydrogen (secondary N) is 1. The second-order valence-corrected chi connectivity index (χ2v) is 7.11. The SMILES string of the molecule is Cc1nc(N(C)Cc2ccccc2)ccc1CNC(=O)OC(C)(C)C. The summed E-state index contributed by atoms with van der Waals surface area (Å²) in [7, 11) is 2.02. The van der Waals surface area contributed by atoms with E-state index in [0.29, 0.717) is 6.54 Å². The van der Waals surface area contributed by atoms with Gasteiger partial charge in [0.25, 0.3) is 0 Å². The van der Waals surface area contributed by atoms with Crippen molar-refractivity contribution in [2.75, 3.05) is 11.9 Å². The maximum atomic E-state index is 11.8. The van der Waals surface area contributed by atoms with Crippen LogP contribution in [-0.4, -0.2) is 23.7 Å². The molecule has 0 unspecified atom stereocenters. The monoisotopic (exact) mass is 341 g/mol. The highest BCUT2D eigenvalue weighted by atomic mass is 16.6. The molecule has 0 bridgehead atoms. The van der Waals surface area contributed by atoms with Crippen LogP contribution in [0.15, 0.2) is 42.5 Å². The number of hydrogen-bond donors (Lipinski definition) is 1. The van der Waals surface area contributed by atoms with E-state index in [9.17, 15) is 4.79 Å². The molecule has 1 N–H and O–H groups in total. The molecule has 5 heteroatoms. The number of aryl methyl sites for hydroxylation is 1. The number of rotatable bonds is 5. The Labute approximate surface area is 150 Å². The van der Waals surface area contributed by atoms with Crippen molar-refractivity contribution in [1.82, 2.24) is 10.3 Å². The molecular weight excluding hydrogens is 314 g/mol. The normalized spacial score (nSPS) is 11.1. The van der Waals surface area contributed by atoms with Crippen molar-refractivity contribution in [2.45, 2.75) is 46.4 Å². The molecule has 1 amide bonds. The molecule has 0 saturated carbocycles. The van der Waals surface area contributed by atoms with E-state index >= 15 is 0 Å². The molecule has 0 aliphatic rings. The van der Waals surface area contributed by atoms with E-state index in [1.165, 1.54) is 5.56 Å².